The van der Waals surface area contributed by atoms with Gasteiger partial charge < -0.3 is 5.11 Å². The zero-order valence-corrected chi connectivity index (χ0v) is 9.17. The van der Waals surface area contributed by atoms with Gasteiger partial charge in [0, 0.05) is 10.7 Å². The summed E-state index contributed by atoms with van der Waals surface area (Å²) < 4.78 is 8.50. The summed E-state index contributed by atoms with van der Waals surface area (Å²) in [6, 6.07) is 1.69. The Morgan fingerprint density at radius 1 is 1.77 bits per heavy atom. The van der Waals surface area contributed by atoms with Gasteiger partial charge in [0.2, 0.25) is 0 Å². The fourth-order valence-corrected chi connectivity index (χ4v) is 1.14. The minimum atomic E-state index is -1.74. The summed E-state index contributed by atoms with van der Waals surface area (Å²) in [5.41, 5.74) is 1.28. The summed E-state index contributed by atoms with van der Waals surface area (Å²) in [7, 11) is 0. The van der Waals surface area contributed by atoms with Gasteiger partial charge in [-0.3, -0.25) is 4.98 Å². The Hall–Kier alpha value is -0.670. The highest BCUT2D eigenvalue weighted by atomic mass is 79.9. The lowest BCUT2D eigenvalue weighted by atomic mass is 10.2. The van der Waals surface area contributed by atoms with Crippen molar-refractivity contribution < 1.29 is 6.48 Å². The molecule has 1 aromatic rings. The minimum Gasteiger partial charge on any atom is -0.383 e. The standard InChI is InChI=1S/C10H12BrNO/c1-3-4-10(13)9-5-7(2)8(11)6-12-9/h3-6,10,13H,1-2H3/i10D. The van der Waals surface area contributed by atoms with E-state index in [1.807, 2.05) is 6.92 Å². The van der Waals surface area contributed by atoms with E-state index in [0.717, 1.165) is 10.0 Å². The second kappa shape index (κ2) is 4.53. The van der Waals surface area contributed by atoms with Gasteiger partial charge in [-0.25, -0.2) is 0 Å². The largest absolute Gasteiger partial charge is 0.383 e. The molecule has 1 atom stereocenters. The predicted octanol–water partition coefficient (Wildman–Crippen LogP) is 2.76. The number of pyridine rings is 1. The first kappa shape index (κ1) is 8.91. The van der Waals surface area contributed by atoms with Gasteiger partial charge >= 0.3 is 0 Å². The average molecular weight is 243 g/mol. The van der Waals surface area contributed by atoms with Crippen LogP contribution in [0, 0.1) is 6.92 Å². The van der Waals surface area contributed by atoms with Crippen LogP contribution in [0.1, 0.15) is 25.6 Å². The third-order valence-electron chi connectivity index (χ3n) is 1.63. The summed E-state index contributed by atoms with van der Waals surface area (Å²) >= 11 is 3.31. The molecule has 2 nitrogen and oxygen atoms in total. The molecule has 13 heavy (non-hydrogen) atoms. The lowest BCUT2D eigenvalue weighted by Gasteiger charge is -2.06. The number of nitrogens with zero attached hydrogens (tertiary/aromatic N) is 1. The van der Waals surface area contributed by atoms with E-state index in [4.69, 9.17) is 1.37 Å². The first-order valence-corrected chi connectivity index (χ1v) is 4.75. The molecule has 0 aromatic carbocycles. The van der Waals surface area contributed by atoms with E-state index in [-0.39, 0.29) is 0 Å². The van der Waals surface area contributed by atoms with E-state index in [2.05, 4.69) is 20.9 Å². The summed E-state index contributed by atoms with van der Waals surface area (Å²) in [6.45, 7) is 3.65. The SMILES string of the molecule is [2H]C(O)(C=CC)c1cc(C)c(Br)cn1. The molecule has 0 saturated carbocycles. The first-order chi connectivity index (χ1) is 6.47. The zero-order chi connectivity index (χ0) is 10.8. The molecular weight excluding hydrogens is 230 g/mol. The van der Waals surface area contributed by atoms with Crippen LogP contribution in [0.2, 0.25) is 0 Å². The highest BCUT2D eigenvalue weighted by Crippen LogP contribution is 2.19. The smallest absolute Gasteiger partial charge is 0.114 e. The lowest BCUT2D eigenvalue weighted by molar-refractivity contribution is 0.223. The van der Waals surface area contributed by atoms with Gasteiger partial charge in [0.1, 0.15) is 6.08 Å². The molecule has 0 spiro atoms. The van der Waals surface area contributed by atoms with Crippen molar-refractivity contribution in [3.8, 4) is 0 Å². The van der Waals surface area contributed by atoms with E-state index in [0.29, 0.717) is 5.69 Å². The van der Waals surface area contributed by atoms with Gasteiger partial charge in [-0.05, 0) is 41.4 Å². The van der Waals surface area contributed by atoms with E-state index in [9.17, 15) is 5.11 Å². The maximum atomic E-state index is 9.70. The molecule has 0 amide bonds. The molecule has 0 aliphatic carbocycles. The van der Waals surface area contributed by atoms with Crippen molar-refractivity contribution in [2.24, 2.45) is 0 Å². The molecular formula is C10H12BrNO. The van der Waals surface area contributed by atoms with Crippen LogP contribution in [0.3, 0.4) is 0 Å². The third kappa shape index (κ3) is 2.64. The van der Waals surface area contributed by atoms with Crippen LogP contribution in [0.25, 0.3) is 0 Å². The minimum absolute atomic E-state index is 0.330. The topological polar surface area (TPSA) is 33.1 Å². The van der Waals surface area contributed by atoms with Crippen molar-refractivity contribution in [1.29, 1.82) is 0 Å². The maximum absolute atomic E-state index is 9.70. The average Bonchev–Trinajstić information content (AvgIpc) is 2.09. The Morgan fingerprint density at radius 2 is 2.46 bits per heavy atom. The number of rotatable bonds is 2. The van der Waals surface area contributed by atoms with Crippen molar-refractivity contribution >= 4 is 15.9 Å². The van der Waals surface area contributed by atoms with Crippen LogP contribution in [-0.2, 0) is 0 Å². The Kier molecular flexibility index (Phi) is 3.11. The second-order valence-corrected chi connectivity index (χ2v) is 3.56. The molecule has 70 valence electrons. The number of halogens is 1. The van der Waals surface area contributed by atoms with E-state index in [1.54, 1.807) is 25.3 Å². The van der Waals surface area contributed by atoms with Crippen molar-refractivity contribution in [1.82, 2.24) is 4.98 Å². The van der Waals surface area contributed by atoms with E-state index < -0.39 is 6.08 Å². The Bertz CT molecular complexity index is 363. The van der Waals surface area contributed by atoms with Crippen LogP contribution in [0.15, 0.2) is 28.9 Å². The van der Waals surface area contributed by atoms with Crippen LogP contribution < -0.4 is 0 Å². The molecule has 0 bridgehead atoms. The summed E-state index contributed by atoms with van der Waals surface area (Å²) in [5, 5.41) is 9.70. The molecule has 1 heterocycles. The predicted molar refractivity (Wildman–Crippen MR) is 56.4 cm³/mol. The fourth-order valence-electron chi connectivity index (χ4n) is 0.923. The molecule has 3 heteroatoms. The van der Waals surface area contributed by atoms with Crippen LogP contribution >= 0.6 is 15.9 Å². The van der Waals surface area contributed by atoms with Crippen LogP contribution in [0.5, 0.6) is 0 Å². The van der Waals surface area contributed by atoms with E-state index >= 15 is 0 Å². The van der Waals surface area contributed by atoms with Gasteiger partial charge in [0.15, 0.2) is 0 Å². The Balaban J connectivity index is 3.14. The third-order valence-corrected chi connectivity index (χ3v) is 2.46. The van der Waals surface area contributed by atoms with E-state index in [1.165, 1.54) is 6.08 Å². The summed E-state index contributed by atoms with van der Waals surface area (Å²) in [4.78, 5) is 3.99. The van der Waals surface area contributed by atoms with Crippen molar-refractivity contribution in [2.75, 3.05) is 0 Å². The molecule has 1 rings (SSSR count). The van der Waals surface area contributed by atoms with Crippen molar-refractivity contribution in [2.45, 2.75) is 19.9 Å². The van der Waals surface area contributed by atoms with Crippen molar-refractivity contribution in [3.05, 3.63) is 40.1 Å². The number of aryl methyl sites for hydroxylation is 1. The normalized spacial score (nSPS) is 17.1. The zero-order valence-electron chi connectivity index (χ0n) is 8.58. The van der Waals surface area contributed by atoms with Gasteiger partial charge in [0.05, 0.1) is 7.06 Å². The van der Waals surface area contributed by atoms with Gasteiger partial charge in [-0.1, -0.05) is 12.2 Å². The molecule has 0 saturated heterocycles. The number of allylic oxidation sites excluding steroid dienone is 1. The molecule has 0 fully saturated rings. The molecule has 1 unspecified atom stereocenters. The maximum Gasteiger partial charge on any atom is 0.114 e. The quantitative estimate of drug-likeness (QED) is 0.810. The molecule has 1 aromatic heterocycles. The number of aromatic nitrogens is 1. The summed E-state index contributed by atoms with van der Waals surface area (Å²) in [6.07, 6.45) is 2.88. The second-order valence-electron chi connectivity index (χ2n) is 2.70. The number of hydrogen-bond donors (Lipinski definition) is 1. The monoisotopic (exact) mass is 242 g/mol. The van der Waals surface area contributed by atoms with Crippen LogP contribution in [0.4, 0.5) is 0 Å². The Morgan fingerprint density at radius 3 is 3.00 bits per heavy atom. The van der Waals surface area contributed by atoms with Crippen LogP contribution in [-0.4, -0.2) is 10.1 Å². The highest BCUT2D eigenvalue weighted by Gasteiger charge is 2.05. The molecule has 0 radical (unpaired) electrons. The van der Waals surface area contributed by atoms with Crippen molar-refractivity contribution in [3.63, 3.8) is 0 Å². The highest BCUT2D eigenvalue weighted by molar-refractivity contribution is 9.10. The first-order valence-electron chi connectivity index (χ1n) is 4.46. The fraction of sp³-hybridized carbons (Fsp3) is 0.300. The Labute approximate surface area is 87.9 Å². The van der Waals surface area contributed by atoms with Gasteiger partial charge in [-0.15, -0.1) is 0 Å². The summed E-state index contributed by atoms with van der Waals surface area (Å²) in [5.74, 6) is 0. The van der Waals surface area contributed by atoms with Gasteiger partial charge in [-0.2, -0.15) is 0 Å². The number of aliphatic hydroxyl groups is 1. The molecule has 1 N–H and O–H groups in total. The lowest BCUT2D eigenvalue weighted by Crippen LogP contribution is -1.97. The number of hydrogen-bond acceptors (Lipinski definition) is 2. The molecule has 0 aliphatic heterocycles. The molecule has 0 aliphatic rings. The van der Waals surface area contributed by atoms with Gasteiger partial charge in [0.25, 0.3) is 0 Å².